The Morgan fingerprint density at radius 1 is 0.348 bits per heavy atom. The summed E-state index contributed by atoms with van der Waals surface area (Å²) in [6, 6.07) is 52.1. The molecule has 234 valence electrons. The van der Waals surface area contributed by atoms with Crippen LogP contribution in [-0.2, 0) is 0 Å². The van der Waals surface area contributed by atoms with Crippen LogP contribution in [-0.4, -0.2) is 6.26 Å². The van der Waals surface area contributed by atoms with E-state index in [1.54, 1.807) is 6.26 Å². The Morgan fingerprint density at radius 2 is 0.609 bits per heavy atom. The second kappa shape index (κ2) is 19.8. The molecule has 0 nitrogen and oxygen atoms in total. The molecule has 0 saturated carbocycles. The van der Waals surface area contributed by atoms with Crippen LogP contribution in [0.2, 0.25) is 0 Å². The molecule has 6 aromatic carbocycles. The summed E-state index contributed by atoms with van der Waals surface area (Å²) in [5, 5.41) is 0. The van der Waals surface area contributed by atoms with E-state index in [4.69, 9.17) is 0 Å². The second-order valence-electron chi connectivity index (χ2n) is 10.0. The minimum atomic E-state index is 1.07. The van der Waals surface area contributed by atoms with Crippen LogP contribution in [0.1, 0.15) is 27.7 Å². The van der Waals surface area contributed by atoms with Crippen molar-refractivity contribution < 1.29 is 0 Å². The summed E-state index contributed by atoms with van der Waals surface area (Å²) in [6.07, 6.45) is 5.69. The van der Waals surface area contributed by atoms with Gasteiger partial charge in [0.15, 0.2) is 0 Å². The third kappa shape index (κ3) is 10.5. The fraction of sp³-hybridized carbons (Fsp3) is 0.116. The first-order valence-corrected chi connectivity index (χ1v) is 18.0. The Bertz CT molecular complexity index is 1760. The minimum absolute atomic E-state index is 1.07. The van der Waals surface area contributed by atoms with Crippen molar-refractivity contribution in [2.24, 2.45) is 0 Å². The van der Waals surface area contributed by atoms with Crippen LogP contribution in [0, 0.1) is 0 Å². The molecule has 0 aliphatic heterocycles. The van der Waals surface area contributed by atoms with Gasteiger partial charge in [-0.05, 0) is 130 Å². The third-order valence-corrected chi connectivity index (χ3v) is 8.07. The van der Waals surface area contributed by atoms with Gasteiger partial charge in [-0.1, -0.05) is 149 Å². The molecule has 0 amide bonds. The van der Waals surface area contributed by atoms with Crippen LogP contribution in [0.25, 0.3) is 55.6 Å². The second-order valence-corrected chi connectivity index (χ2v) is 11.8. The maximum absolute atomic E-state index is 3.65. The molecular weight excluding hydrogens is 708 g/mol. The van der Waals surface area contributed by atoms with Gasteiger partial charge in [0, 0.05) is 8.95 Å². The number of hydrogen-bond donors (Lipinski definition) is 1. The fourth-order valence-electron chi connectivity index (χ4n) is 4.85. The Hall–Kier alpha value is -3.63. The first-order chi connectivity index (χ1) is 22.5. The predicted octanol–water partition coefficient (Wildman–Crippen LogP) is 14.7. The number of hydrogen-bond acceptors (Lipinski definition) is 1. The van der Waals surface area contributed by atoms with Gasteiger partial charge >= 0.3 is 0 Å². The predicted molar refractivity (Wildman–Crippen MR) is 216 cm³/mol. The molecule has 0 aliphatic rings. The molecule has 0 aliphatic carbocycles. The molecule has 6 rings (SSSR count). The topological polar surface area (TPSA) is 0 Å². The zero-order valence-electron chi connectivity index (χ0n) is 27.2. The lowest BCUT2D eigenvalue weighted by atomic mass is 9.92. The van der Waals surface area contributed by atoms with Crippen LogP contribution < -0.4 is 0 Å². The molecule has 0 heterocycles. The summed E-state index contributed by atoms with van der Waals surface area (Å²) < 4.78 is 2.15. The van der Waals surface area contributed by atoms with E-state index in [0.717, 1.165) is 8.95 Å². The van der Waals surface area contributed by atoms with Crippen molar-refractivity contribution in [2.75, 3.05) is 6.26 Å². The number of rotatable bonds is 5. The lowest BCUT2D eigenvalue weighted by Gasteiger charge is -2.13. The Balaban J connectivity index is 0.000000659. The first kappa shape index (κ1) is 36.8. The number of allylic oxidation sites excluding steroid dienone is 2. The van der Waals surface area contributed by atoms with Crippen molar-refractivity contribution in [1.82, 2.24) is 0 Å². The Labute approximate surface area is 298 Å². The molecule has 0 radical (unpaired) electrons. The van der Waals surface area contributed by atoms with Gasteiger partial charge in [-0.25, -0.2) is 0 Å². The zero-order valence-corrected chi connectivity index (χ0v) is 31.3. The number of benzene rings is 6. The van der Waals surface area contributed by atoms with Crippen LogP contribution >= 0.6 is 44.5 Å². The van der Waals surface area contributed by atoms with E-state index in [1.807, 2.05) is 39.8 Å². The van der Waals surface area contributed by atoms with Gasteiger partial charge < -0.3 is 0 Å². The van der Waals surface area contributed by atoms with Crippen LogP contribution in [0.3, 0.4) is 0 Å². The average molecular weight is 751 g/mol. The highest BCUT2D eigenvalue weighted by molar-refractivity contribution is 9.10. The smallest absolute Gasteiger partial charge is 0.0181 e. The Morgan fingerprint density at radius 3 is 0.957 bits per heavy atom. The van der Waals surface area contributed by atoms with Crippen LogP contribution in [0.15, 0.2) is 167 Å². The standard InChI is InChI=1S/C36H24Br2.C4H8.C2H6.CH4S/c37-35-16-6-14-30(23-35)33-20-32(21-34(22-33)31-15-7-17-36(38)24-31)29-13-5-12-28(19-29)27-11-4-10-26(18-27)25-8-2-1-3-9-25;1-3-4-2;2*1-2/h1-24H;3-4H,1-2H3;1-2H3;2H,1H3. The molecule has 0 fully saturated rings. The SMILES string of the molecule is Brc1cccc(-c2cc(-c3cccc(Br)c3)cc(-c3cccc(-c4cccc(-c5ccccc5)c4)c3)c2)c1.CC.CC=CC.CS. The Kier molecular flexibility index (Phi) is 15.8. The highest BCUT2D eigenvalue weighted by Crippen LogP contribution is 2.36. The van der Waals surface area contributed by atoms with Crippen molar-refractivity contribution in [2.45, 2.75) is 27.7 Å². The molecule has 0 saturated heterocycles. The molecular formula is C43H42Br2S. The van der Waals surface area contributed by atoms with Gasteiger partial charge in [0.25, 0.3) is 0 Å². The molecule has 0 spiro atoms. The summed E-state index contributed by atoms with van der Waals surface area (Å²) in [7, 11) is 0. The molecule has 46 heavy (non-hydrogen) atoms. The maximum Gasteiger partial charge on any atom is 0.0181 e. The summed E-state index contributed by atoms with van der Waals surface area (Å²) in [4.78, 5) is 0. The van der Waals surface area contributed by atoms with Crippen molar-refractivity contribution >= 4 is 44.5 Å². The monoisotopic (exact) mass is 748 g/mol. The minimum Gasteiger partial charge on any atom is -0.183 e. The summed E-state index contributed by atoms with van der Waals surface area (Å²) in [5.41, 5.74) is 12.0. The van der Waals surface area contributed by atoms with Gasteiger partial charge in [-0.3, -0.25) is 0 Å². The normalized spacial score (nSPS) is 10.1. The molecule has 0 bridgehead atoms. The first-order valence-electron chi connectivity index (χ1n) is 15.5. The van der Waals surface area contributed by atoms with Crippen molar-refractivity contribution in [3.05, 3.63) is 167 Å². The number of thiol groups is 1. The van der Waals surface area contributed by atoms with Crippen molar-refractivity contribution in [3.8, 4) is 55.6 Å². The van der Waals surface area contributed by atoms with Crippen LogP contribution in [0.4, 0.5) is 0 Å². The molecule has 0 N–H and O–H groups in total. The van der Waals surface area contributed by atoms with E-state index in [-0.39, 0.29) is 0 Å². The van der Waals surface area contributed by atoms with Crippen molar-refractivity contribution in [1.29, 1.82) is 0 Å². The highest BCUT2D eigenvalue weighted by atomic mass is 79.9. The summed E-state index contributed by atoms with van der Waals surface area (Å²) in [6.45, 7) is 8.00. The lowest BCUT2D eigenvalue weighted by molar-refractivity contribution is 1.50. The van der Waals surface area contributed by atoms with Crippen LogP contribution in [0.5, 0.6) is 0 Å². The molecule has 0 atom stereocenters. The van der Waals surface area contributed by atoms with E-state index >= 15 is 0 Å². The highest BCUT2D eigenvalue weighted by Gasteiger charge is 2.10. The molecule has 0 aromatic heterocycles. The van der Waals surface area contributed by atoms with E-state index in [1.165, 1.54) is 55.6 Å². The maximum atomic E-state index is 3.65. The van der Waals surface area contributed by atoms with Gasteiger partial charge in [0.2, 0.25) is 0 Å². The summed E-state index contributed by atoms with van der Waals surface area (Å²) >= 11 is 10.8. The fourth-order valence-corrected chi connectivity index (χ4v) is 5.65. The van der Waals surface area contributed by atoms with E-state index in [2.05, 4.69) is 190 Å². The van der Waals surface area contributed by atoms with E-state index in [9.17, 15) is 0 Å². The largest absolute Gasteiger partial charge is 0.183 e. The average Bonchev–Trinajstić information content (AvgIpc) is 3.14. The van der Waals surface area contributed by atoms with Gasteiger partial charge in [0.1, 0.15) is 0 Å². The van der Waals surface area contributed by atoms with E-state index < -0.39 is 0 Å². The zero-order chi connectivity index (χ0) is 33.3. The molecule has 6 aromatic rings. The number of halogens is 2. The third-order valence-electron chi connectivity index (χ3n) is 7.08. The van der Waals surface area contributed by atoms with Gasteiger partial charge in [-0.15, -0.1) is 0 Å². The quantitative estimate of drug-likeness (QED) is 0.132. The van der Waals surface area contributed by atoms with Gasteiger partial charge in [0.05, 0.1) is 0 Å². The van der Waals surface area contributed by atoms with Crippen molar-refractivity contribution in [3.63, 3.8) is 0 Å². The lowest BCUT2D eigenvalue weighted by Crippen LogP contribution is -1.87. The molecule has 0 unspecified atom stereocenters. The van der Waals surface area contributed by atoms with E-state index in [0.29, 0.717) is 0 Å². The summed E-state index contributed by atoms with van der Waals surface area (Å²) in [5.74, 6) is 0. The molecule has 3 heteroatoms. The van der Waals surface area contributed by atoms with Gasteiger partial charge in [-0.2, -0.15) is 12.6 Å².